The van der Waals surface area contributed by atoms with Crippen LogP contribution in [0.1, 0.15) is 31.9 Å². The zero-order chi connectivity index (χ0) is 12.8. The molecule has 0 bridgehead atoms. The molecule has 0 aliphatic carbocycles. The maximum absolute atomic E-state index is 10.0. The highest BCUT2D eigenvalue weighted by atomic mass is 35.5. The van der Waals surface area contributed by atoms with Gasteiger partial charge >= 0.3 is 0 Å². The van der Waals surface area contributed by atoms with E-state index in [0.29, 0.717) is 16.5 Å². The van der Waals surface area contributed by atoms with Crippen LogP contribution in [0.4, 0.5) is 0 Å². The first-order chi connectivity index (χ1) is 8.08. The summed E-state index contributed by atoms with van der Waals surface area (Å²) in [7, 11) is 0. The fourth-order valence-electron chi connectivity index (χ4n) is 1.73. The van der Waals surface area contributed by atoms with E-state index < -0.39 is 6.10 Å². The molecule has 0 aromatic heterocycles. The van der Waals surface area contributed by atoms with Crippen LogP contribution in [-0.2, 0) is 0 Å². The summed E-state index contributed by atoms with van der Waals surface area (Å²) in [4.78, 5) is 2.28. The fourth-order valence-corrected chi connectivity index (χ4v) is 2.04. The molecule has 0 saturated heterocycles. The van der Waals surface area contributed by atoms with E-state index in [1.807, 2.05) is 6.07 Å². The maximum atomic E-state index is 10.0. The molecule has 0 aliphatic rings. The van der Waals surface area contributed by atoms with Crippen molar-refractivity contribution >= 4 is 23.2 Å². The van der Waals surface area contributed by atoms with Crippen molar-refractivity contribution in [1.29, 1.82) is 0 Å². The molecule has 96 valence electrons. The molecule has 1 N–H and O–H groups in total. The van der Waals surface area contributed by atoms with Crippen molar-refractivity contribution in [3.63, 3.8) is 0 Å². The van der Waals surface area contributed by atoms with Crippen LogP contribution in [0.5, 0.6) is 0 Å². The second-order valence-electron chi connectivity index (χ2n) is 4.00. The van der Waals surface area contributed by atoms with E-state index in [2.05, 4.69) is 18.7 Å². The molecule has 1 aromatic carbocycles. The molecule has 1 rings (SSSR count). The number of aliphatic hydroxyl groups excluding tert-OH is 1. The van der Waals surface area contributed by atoms with Gasteiger partial charge in [-0.1, -0.05) is 43.1 Å². The highest BCUT2D eigenvalue weighted by molar-refractivity contribution is 6.42. The summed E-state index contributed by atoms with van der Waals surface area (Å²) in [5, 5.41) is 11.1. The Balaban J connectivity index is 2.57. The van der Waals surface area contributed by atoms with Gasteiger partial charge in [-0.2, -0.15) is 0 Å². The van der Waals surface area contributed by atoms with Gasteiger partial charge in [0.25, 0.3) is 0 Å². The predicted molar refractivity (Wildman–Crippen MR) is 73.8 cm³/mol. The molecule has 0 spiro atoms. The van der Waals surface area contributed by atoms with Crippen molar-refractivity contribution in [3.8, 4) is 0 Å². The second-order valence-corrected chi connectivity index (χ2v) is 4.82. The fraction of sp³-hybridized carbons (Fsp3) is 0.538. The molecule has 0 amide bonds. The Morgan fingerprint density at radius 1 is 1.18 bits per heavy atom. The smallest absolute Gasteiger partial charge is 0.0802 e. The maximum Gasteiger partial charge on any atom is 0.0802 e. The molecule has 1 atom stereocenters. The van der Waals surface area contributed by atoms with Gasteiger partial charge in [0.2, 0.25) is 0 Å². The lowest BCUT2D eigenvalue weighted by atomic mass is 10.1. The lowest BCUT2D eigenvalue weighted by Gasteiger charge is -2.20. The molecule has 0 fully saturated rings. The molecule has 17 heavy (non-hydrogen) atoms. The number of halogens is 2. The van der Waals surface area contributed by atoms with E-state index in [9.17, 15) is 5.11 Å². The van der Waals surface area contributed by atoms with Gasteiger partial charge in [0.15, 0.2) is 0 Å². The Kier molecular flexibility index (Phi) is 6.28. The minimum Gasteiger partial charge on any atom is -0.388 e. The van der Waals surface area contributed by atoms with Gasteiger partial charge in [-0.25, -0.2) is 0 Å². The summed E-state index contributed by atoms with van der Waals surface area (Å²) < 4.78 is 0. The van der Waals surface area contributed by atoms with E-state index in [1.165, 1.54) is 0 Å². The first kappa shape index (κ1) is 14.8. The third kappa shape index (κ3) is 4.47. The van der Waals surface area contributed by atoms with Crippen molar-refractivity contribution in [1.82, 2.24) is 4.90 Å². The van der Waals surface area contributed by atoms with Gasteiger partial charge in [-0.05, 0) is 37.2 Å². The highest BCUT2D eigenvalue weighted by Crippen LogP contribution is 2.26. The quantitative estimate of drug-likeness (QED) is 0.855. The van der Waals surface area contributed by atoms with E-state index in [4.69, 9.17) is 23.2 Å². The zero-order valence-electron chi connectivity index (χ0n) is 10.3. The number of rotatable bonds is 6. The Bertz CT molecular complexity index is 353. The molecule has 0 radical (unpaired) electrons. The van der Waals surface area contributed by atoms with Gasteiger partial charge in [0.1, 0.15) is 0 Å². The summed E-state index contributed by atoms with van der Waals surface area (Å²) in [6, 6.07) is 5.28. The molecule has 0 aliphatic heterocycles. The van der Waals surface area contributed by atoms with Crippen LogP contribution in [0.15, 0.2) is 18.2 Å². The number of nitrogens with zero attached hydrogens (tertiary/aromatic N) is 1. The van der Waals surface area contributed by atoms with Crippen LogP contribution in [-0.4, -0.2) is 29.6 Å². The van der Waals surface area contributed by atoms with Crippen molar-refractivity contribution in [2.24, 2.45) is 0 Å². The van der Waals surface area contributed by atoms with Gasteiger partial charge in [0.05, 0.1) is 16.1 Å². The van der Waals surface area contributed by atoms with Gasteiger partial charge < -0.3 is 10.0 Å². The summed E-state index contributed by atoms with van der Waals surface area (Å²) in [6.07, 6.45) is 0.227. The predicted octanol–water partition coefficient (Wildman–Crippen LogP) is 3.76. The van der Waals surface area contributed by atoms with E-state index in [0.717, 1.165) is 25.2 Å². The molecular weight excluding hydrogens is 257 g/mol. The first-order valence-electron chi connectivity index (χ1n) is 5.93. The molecule has 1 unspecified atom stereocenters. The standard InChI is InChI=1S/C13H19Cl2NO/c1-3-16(4-2)8-7-13(17)10-5-6-11(14)12(15)9-10/h5-6,9,13,17H,3-4,7-8H2,1-2H3. The van der Waals surface area contributed by atoms with Crippen LogP contribution in [0.2, 0.25) is 10.0 Å². The van der Waals surface area contributed by atoms with Crippen molar-refractivity contribution < 1.29 is 5.11 Å². The van der Waals surface area contributed by atoms with Crippen LogP contribution in [0.3, 0.4) is 0 Å². The number of hydrogen-bond acceptors (Lipinski definition) is 2. The van der Waals surface area contributed by atoms with Crippen LogP contribution in [0.25, 0.3) is 0 Å². The van der Waals surface area contributed by atoms with Crippen LogP contribution in [0, 0.1) is 0 Å². The van der Waals surface area contributed by atoms with Crippen molar-refractivity contribution in [2.75, 3.05) is 19.6 Å². The van der Waals surface area contributed by atoms with Crippen molar-refractivity contribution in [3.05, 3.63) is 33.8 Å². The Hall–Kier alpha value is -0.280. The minimum absolute atomic E-state index is 0.481. The Labute approximate surface area is 113 Å². The second kappa shape index (κ2) is 7.22. The molecule has 2 nitrogen and oxygen atoms in total. The lowest BCUT2D eigenvalue weighted by molar-refractivity contribution is 0.145. The van der Waals surface area contributed by atoms with E-state index >= 15 is 0 Å². The summed E-state index contributed by atoms with van der Waals surface area (Å²) in [5.74, 6) is 0. The Morgan fingerprint density at radius 3 is 2.35 bits per heavy atom. The van der Waals surface area contributed by atoms with Crippen LogP contribution >= 0.6 is 23.2 Å². The van der Waals surface area contributed by atoms with E-state index in [1.54, 1.807) is 12.1 Å². The molecule has 4 heteroatoms. The number of aliphatic hydroxyl groups is 1. The molecule has 0 saturated carbocycles. The average molecular weight is 276 g/mol. The Morgan fingerprint density at radius 2 is 1.82 bits per heavy atom. The van der Waals surface area contributed by atoms with Crippen LogP contribution < -0.4 is 0 Å². The minimum atomic E-state index is -0.481. The third-order valence-electron chi connectivity index (χ3n) is 2.94. The largest absolute Gasteiger partial charge is 0.388 e. The zero-order valence-corrected chi connectivity index (χ0v) is 11.8. The monoisotopic (exact) mass is 275 g/mol. The molecular formula is C13H19Cl2NO. The topological polar surface area (TPSA) is 23.5 Å². The normalized spacial score (nSPS) is 13.1. The summed E-state index contributed by atoms with van der Waals surface area (Å²) in [6.45, 7) is 7.13. The number of hydrogen-bond donors (Lipinski definition) is 1. The summed E-state index contributed by atoms with van der Waals surface area (Å²) >= 11 is 11.8. The molecule has 1 aromatic rings. The first-order valence-corrected chi connectivity index (χ1v) is 6.69. The highest BCUT2D eigenvalue weighted by Gasteiger charge is 2.10. The van der Waals surface area contributed by atoms with Gasteiger partial charge in [-0.15, -0.1) is 0 Å². The summed E-state index contributed by atoms with van der Waals surface area (Å²) in [5.41, 5.74) is 0.826. The SMILES string of the molecule is CCN(CC)CCC(O)c1ccc(Cl)c(Cl)c1. The molecule has 0 heterocycles. The van der Waals surface area contributed by atoms with Gasteiger partial charge in [0, 0.05) is 6.54 Å². The number of benzene rings is 1. The van der Waals surface area contributed by atoms with E-state index in [-0.39, 0.29) is 0 Å². The third-order valence-corrected chi connectivity index (χ3v) is 3.68. The van der Waals surface area contributed by atoms with Crippen molar-refractivity contribution in [2.45, 2.75) is 26.4 Å². The average Bonchev–Trinajstić information content (AvgIpc) is 2.33. The van der Waals surface area contributed by atoms with Gasteiger partial charge in [-0.3, -0.25) is 0 Å². The lowest BCUT2D eigenvalue weighted by Crippen LogP contribution is -2.25.